The maximum absolute atomic E-state index is 11.8. The Morgan fingerprint density at radius 2 is 1.82 bits per heavy atom. The van der Waals surface area contributed by atoms with Crippen molar-refractivity contribution in [2.75, 3.05) is 14.2 Å². The molecule has 0 aliphatic rings. The van der Waals surface area contributed by atoms with E-state index in [1.54, 1.807) is 42.5 Å². The van der Waals surface area contributed by atoms with E-state index >= 15 is 0 Å². The Labute approximate surface area is 133 Å². The zero-order chi connectivity index (χ0) is 15.9. The number of ether oxygens (including phenoxy) is 3. The van der Waals surface area contributed by atoms with E-state index in [2.05, 4.69) is 0 Å². The highest BCUT2D eigenvalue weighted by molar-refractivity contribution is 6.32. The van der Waals surface area contributed by atoms with Crippen LogP contribution in [0.4, 0.5) is 0 Å². The molecule has 0 unspecified atom stereocenters. The van der Waals surface area contributed by atoms with Crippen molar-refractivity contribution < 1.29 is 19.0 Å². The third kappa shape index (κ3) is 4.02. The Hall–Kier alpha value is -2.46. The highest BCUT2D eigenvalue weighted by atomic mass is 35.5. The predicted molar refractivity (Wildman–Crippen MR) is 85.7 cm³/mol. The van der Waals surface area contributed by atoms with Gasteiger partial charge in [-0.05, 0) is 35.9 Å². The third-order valence-electron chi connectivity index (χ3n) is 2.83. The summed E-state index contributed by atoms with van der Waals surface area (Å²) in [5.74, 6) is 0.957. The largest absolute Gasteiger partial charge is 0.493 e. The first kappa shape index (κ1) is 15.9. The first-order valence-corrected chi connectivity index (χ1v) is 6.88. The van der Waals surface area contributed by atoms with E-state index in [-0.39, 0.29) is 0 Å². The SMILES string of the molecule is COc1cc(/C=C/C(=O)Oc2ccccc2)cc(Cl)c1OC. The number of hydrogen-bond acceptors (Lipinski definition) is 4. The van der Waals surface area contributed by atoms with Gasteiger partial charge in [0.25, 0.3) is 0 Å². The van der Waals surface area contributed by atoms with Gasteiger partial charge in [-0.3, -0.25) is 0 Å². The molecule has 0 atom stereocenters. The van der Waals surface area contributed by atoms with Crippen LogP contribution in [0.1, 0.15) is 5.56 Å². The van der Waals surface area contributed by atoms with Gasteiger partial charge in [0.1, 0.15) is 5.75 Å². The lowest BCUT2D eigenvalue weighted by Crippen LogP contribution is -2.03. The van der Waals surface area contributed by atoms with Crippen molar-refractivity contribution in [3.05, 3.63) is 59.1 Å². The number of carbonyl (C=O) groups is 1. The molecule has 0 spiro atoms. The van der Waals surface area contributed by atoms with Crippen LogP contribution in [0.2, 0.25) is 5.02 Å². The molecule has 0 aliphatic carbocycles. The van der Waals surface area contributed by atoms with E-state index in [1.807, 2.05) is 6.07 Å². The maximum atomic E-state index is 11.8. The van der Waals surface area contributed by atoms with Gasteiger partial charge in [0.05, 0.1) is 19.2 Å². The van der Waals surface area contributed by atoms with Crippen molar-refractivity contribution in [2.24, 2.45) is 0 Å². The van der Waals surface area contributed by atoms with Gasteiger partial charge >= 0.3 is 5.97 Å². The average Bonchev–Trinajstić information content (AvgIpc) is 2.53. The molecule has 2 aromatic carbocycles. The molecular formula is C17H15ClO4. The highest BCUT2D eigenvalue weighted by Crippen LogP contribution is 2.36. The molecule has 2 rings (SSSR count). The summed E-state index contributed by atoms with van der Waals surface area (Å²) >= 11 is 6.10. The Kier molecular flexibility index (Phi) is 5.44. The number of rotatable bonds is 5. The molecule has 0 saturated heterocycles. The zero-order valence-corrected chi connectivity index (χ0v) is 13.0. The van der Waals surface area contributed by atoms with Gasteiger partial charge in [0.2, 0.25) is 0 Å². The Morgan fingerprint density at radius 1 is 1.09 bits per heavy atom. The number of carbonyl (C=O) groups excluding carboxylic acids is 1. The summed E-state index contributed by atoms with van der Waals surface area (Å²) in [6, 6.07) is 12.2. The van der Waals surface area contributed by atoms with Crippen LogP contribution in [0.3, 0.4) is 0 Å². The second-order valence-electron chi connectivity index (χ2n) is 4.31. The fraction of sp³-hybridized carbons (Fsp3) is 0.118. The van der Waals surface area contributed by atoms with Gasteiger partial charge in [0, 0.05) is 6.08 Å². The molecule has 0 N–H and O–H groups in total. The van der Waals surface area contributed by atoms with Gasteiger partial charge < -0.3 is 14.2 Å². The van der Waals surface area contributed by atoms with Crippen LogP contribution in [-0.2, 0) is 4.79 Å². The number of esters is 1. The molecule has 114 valence electrons. The van der Waals surface area contributed by atoms with Crippen LogP contribution >= 0.6 is 11.6 Å². The smallest absolute Gasteiger partial charge is 0.336 e. The van der Waals surface area contributed by atoms with Crippen LogP contribution in [0.25, 0.3) is 6.08 Å². The summed E-state index contributed by atoms with van der Waals surface area (Å²) in [4.78, 5) is 11.8. The summed E-state index contributed by atoms with van der Waals surface area (Å²) < 4.78 is 15.5. The van der Waals surface area contributed by atoms with Gasteiger partial charge in [-0.2, -0.15) is 0 Å². The van der Waals surface area contributed by atoms with Crippen LogP contribution in [-0.4, -0.2) is 20.2 Å². The van der Waals surface area contributed by atoms with Crippen molar-refractivity contribution in [1.29, 1.82) is 0 Å². The zero-order valence-electron chi connectivity index (χ0n) is 12.2. The van der Waals surface area contributed by atoms with Gasteiger partial charge in [-0.1, -0.05) is 29.8 Å². The lowest BCUT2D eigenvalue weighted by Gasteiger charge is -2.10. The van der Waals surface area contributed by atoms with E-state index < -0.39 is 5.97 Å². The Morgan fingerprint density at radius 3 is 2.45 bits per heavy atom. The van der Waals surface area contributed by atoms with E-state index in [4.69, 9.17) is 25.8 Å². The molecule has 22 heavy (non-hydrogen) atoms. The molecule has 0 heterocycles. The standard InChI is InChI=1S/C17H15ClO4/c1-20-15-11-12(10-14(18)17(15)21-2)8-9-16(19)22-13-6-4-3-5-7-13/h3-11H,1-2H3/b9-8+. The van der Waals surface area contributed by atoms with Crippen molar-refractivity contribution in [3.8, 4) is 17.2 Å². The van der Waals surface area contributed by atoms with Crippen LogP contribution < -0.4 is 14.2 Å². The molecular weight excluding hydrogens is 304 g/mol. The number of benzene rings is 2. The monoisotopic (exact) mass is 318 g/mol. The van der Waals surface area contributed by atoms with E-state index in [0.717, 1.165) is 0 Å². The Balaban J connectivity index is 2.13. The van der Waals surface area contributed by atoms with Crippen LogP contribution in [0, 0.1) is 0 Å². The van der Waals surface area contributed by atoms with Gasteiger partial charge in [-0.15, -0.1) is 0 Å². The molecule has 2 aromatic rings. The number of halogens is 1. The van der Waals surface area contributed by atoms with Crippen molar-refractivity contribution >= 4 is 23.6 Å². The molecule has 0 radical (unpaired) electrons. The molecule has 0 bridgehead atoms. The minimum absolute atomic E-state index is 0.401. The minimum Gasteiger partial charge on any atom is -0.493 e. The highest BCUT2D eigenvalue weighted by Gasteiger charge is 2.10. The molecule has 4 nitrogen and oxygen atoms in total. The number of para-hydroxylation sites is 1. The van der Waals surface area contributed by atoms with E-state index in [0.29, 0.717) is 27.8 Å². The molecule has 0 aromatic heterocycles. The first-order chi connectivity index (χ1) is 10.6. The average molecular weight is 319 g/mol. The lowest BCUT2D eigenvalue weighted by atomic mass is 10.2. The molecule has 0 saturated carbocycles. The first-order valence-electron chi connectivity index (χ1n) is 6.50. The predicted octanol–water partition coefficient (Wildman–Crippen LogP) is 3.98. The van der Waals surface area contributed by atoms with Crippen LogP contribution in [0.15, 0.2) is 48.5 Å². The lowest BCUT2D eigenvalue weighted by molar-refractivity contribution is -0.128. The van der Waals surface area contributed by atoms with E-state index in [1.165, 1.54) is 20.3 Å². The van der Waals surface area contributed by atoms with Crippen molar-refractivity contribution in [1.82, 2.24) is 0 Å². The molecule has 0 aliphatic heterocycles. The number of hydrogen-bond donors (Lipinski definition) is 0. The third-order valence-corrected chi connectivity index (χ3v) is 3.11. The topological polar surface area (TPSA) is 44.8 Å². The quantitative estimate of drug-likeness (QED) is 0.475. The van der Waals surface area contributed by atoms with Crippen molar-refractivity contribution in [3.63, 3.8) is 0 Å². The number of methoxy groups -OCH3 is 2. The maximum Gasteiger partial charge on any atom is 0.336 e. The minimum atomic E-state index is -0.475. The Bertz CT molecular complexity index is 681. The van der Waals surface area contributed by atoms with Crippen LogP contribution in [0.5, 0.6) is 17.2 Å². The molecule has 5 heteroatoms. The summed E-state index contributed by atoms with van der Waals surface area (Å²) in [6.07, 6.45) is 2.92. The molecule has 0 fully saturated rings. The summed E-state index contributed by atoms with van der Waals surface area (Å²) in [7, 11) is 3.03. The summed E-state index contributed by atoms with van der Waals surface area (Å²) in [5, 5.41) is 0.401. The summed E-state index contributed by atoms with van der Waals surface area (Å²) in [5.41, 5.74) is 0.702. The fourth-order valence-corrected chi connectivity index (χ4v) is 2.13. The fourth-order valence-electron chi connectivity index (χ4n) is 1.84. The summed E-state index contributed by atoms with van der Waals surface area (Å²) in [6.45, 7) is 0. The van der Waals surface area contributed by atoms with E-state index in [9.17, 15) is 4.79 Å². The van der Waals surface area contributed by atoms with Crippen molar-refractivity contribution in [2.45, 2.75) is 0 Å². The molecule has 0 amide bonds. The normalized spacial score (nSPS) is 10.5. The van der Waals surface area contributed by atoms with Gasteiger partial charge in [-0.25, -0.2) is 4.79 Å². The van der Waals surface area contributed by atoms with Gasteiger partial charge in [0.15, 0.2) is 11.5 Å². The second-order valence-corrected chi connectivity index (χ2v) is 4.71. The second kappa shape index (κ2) is 7.52.